The molecule has 4 aromatic heterocycles. The maximum absolute atomic E-state index is 15.7. The maximum Gasteiger partial charge on any atom is 0.258 e. The monoisotopic (exact) mass is 520 g/mol. The number of carbonyl (C=O) groups is 1. The summed E-state index contributed by atoms with van der Waals surface area (Å²) in [6.07, 6.45) is 4.63. The number of aryl methyl sites for hydroxylation is 2. The van der Waals surface area contributed by atoms with Crippen molar-refractivity contribution >= 4 is 11.7 Å². The molecule has 0 spiro atoms. The molecule has 38 heavy (non-hydrogen) atoms. The van der Waals surface area contributed by atoms with E-state index in [0.717, 1.165) is 34.7 Å². The molecular formula is C27H30F2N8O. The number of hydrogen-bond acceptors (Lipinski definition) is 6. The van der Waals surface area contributed by atoms with Gasteiger partial charge in [-0.25, -0.2) is 23.4 Å². The standard InChI is InChI=1S/C27H30F2N8O/c1-17-10-22(13-23-12-18(2)34-35-23)33-25(11-17)36-8-6-27(29,7-9-36)26(38)32-19(3)20-4-5-24(30-14-20)37-16-21(28)15-31-37/h4-5,10-12,14-16,19H,6-9,13H2,1-3H3,(H,32,38)(H,34,35)/t19-/m0/s1. The fraction of sp³-hybridized carbons (Fsp3) is 0.370. The smallest absolute Gasteiger partial charge is 0.258 e. The van der Waals surface area contributed by atoms with Crippen LogP contribution in [0.15, 0.2) is 48.9 Å². The zero-order valence-corrected chi connectivity index (χ0v) is 21.6. The summed E-state index contributed by atoms with van der Waals surface area (Å²) in [6, 6.07) is 8.99. The molecule has 0 radical (unpaired) electrons. The van der Waals surface area contributed by atoms with Crippen molar-refractivity contribution in [2.45, 2.75) is 51.7 Å². The van der Waals surface area contributed by atoms with Crippen LogP contribution in [0.25, 0.3) is 5.82 Å². The van der Waals surface area contributed by atoms with Gasteiger partial charge in [-0.15, -0.1) is 0 Å². The van der Waals surface area contributed by atoms with Crippen LogP contribution in [0.3, 0.4) is 0 Å². The van der Waals surface area contributed by atoms with E-state index in [9.17, 15) is 9.18 Å². The van der Waals surface area contributed by atoms with Crippen LogP contribution >= 0.6 is 0 Å². The van der Waals surface area contributed by atoms with Gasteiger partial charge >= 0.3 is 0 Å². The van der Waals surface area contributed by atoms with Crippen LogP contribution in [0.2, 0.25) is 0 Å². The molecule has 1 aliphatic rings. The molecule has 0 aliphatic carbocycles. The van der Waals surface area contributed by atoms with Crippen molar-refractivity contribution in [3.63, 3.8) is 0 Å². The zero-order valence-electron chi connectivity index (χ0n) is 21.6. The van der Waals surface area contributed by atoms with Crippen LogP contribution in [0.1, 0.15) is 54.0 Å². The number of H-pyrrole nitrogens is 1. The number of alkyl halides is 1. The number of piperidine rings is 1. The number of aromatic amines is 1. The highest BCUT2D eigenvalue weighted by Gasteiger charge is 2.42. The molecule has 0 bridgehead atoms. The Labute approximate surface area is 219 Å². The number of hydrogen-bond donors (Lipinski definition) is 2. The van der Waals surface area contributed by atoms with Crippen LogP contribution in [-0.2, 0) is 11.2 Å². The van der Waals surface area contributed by atoms with Gasteiger partial charge in [0.1, 0.15) is 5.82 Å². The summed E-state index contributed by atoms with van der Waals surface area (Å²) >= 11 is 0. The van der Waals surface area contributed by atoms with Crippen LogP contribution in [-0.4, -0.2) is 54.6 Å². The molecule has 0 saturated carbocycles. The number of nitrogens with zero attached hydrogens (tertiary/aromatic N) is 6. The van der Waals surface area contributed by atoms with E-state index in [1.807, 2.05) is 36.9 Å². The lowest BCUT2D eigenvalue weighted by Gasteiger charge is -2.36. The Morgan fingerprint density at radius 3 is 2.55 bits per heavy atom. The van der Waals surface area contributed by atoms with Crippen LogP contribution < -0.4 is 10.2 Å². The van der Waals surface area contributed by atoms with Gasteiger partial charge in [0, 0.05) is 49.9 Å². The van der Waals surface area contributed by atoms with Crippen LogP contribution in [0.4, 0.5) is 14.6 Å². The summed E-state index contributed by atoms with van der Waals surface area (Å²) in [6.45, 7) is 6.51. The van der Waals surface area contributed by atoms with Crippen molar-refractivity contribution in [2.75, 3.05) is 18.0 Å². The van der Waals surface area contributed by atoms with Gasteiger partial charge in [-0.3, -0.25) is 9.89 Å². The molecule has 1 amide bonds. The Kier molecular flexibility index (Phi) is 6.92. The second kappa shape index (κ2) is 10.3. The van der Waals surface area contributed by atoms with E-state index in [1.165, 1.54) is 10.9 Å². The summed E-state index contributed by atoms with van der Waals surface area (Å²) in [4.78, 5) is 24.0. The van der Waals surface area contributed by atoms with E-state index in [0.29, 0.717) is 30.9 Å². The summed E-state index contributed by atoms with van der Waals surface area (Å²) in [5.41, 5.74) is 2.61. The first-order chi connectivity index (χ1) is 18.2. The second-order valence-corrected chi connectivity index (χ2v) is 9.91. The van der Waals surface area contributed by atoms with Gasteiger partial charge < -0.3 is 10.2 Å². The minimum absolute atomic E-state index is 0.0666. The first kappa shape index (κ1) is 25.5. The fourth-order valence-corrected chi connectivity index (χ4v) is 4.66. The molecule has 5 rings (SSSR count). The number of pyridine rings is 2. The third-order valence-corrected chi connectivity index (χ3v) is 6.82. The Morgan fingerprint density at radius 1 is 1.13 bits per heavy atom. The molecule has 1 aliphatic heterocycles. The molecule has 1 fully saturated rings. The van der Waals surface area contributed by atoms with Crippen molar-refractivity contribution in [3.8, 4) is 5.82 Å². The summed E-state index contributed by atoms with van der Waals surface area (Å²) in [5.74, 6) is 0.136. The highest BCUT2D eigenvalue weighted by molar-refractivity contribution is 5.85. The number of aromatic nitrogens is 6. The highest BCUT2D eigenvalue weighted by Crippen LogP contribution is 2.30. The molecule has 9 nitrogen and oxygen atoms in total. The van der Waals surface area contributed by atoms with Crippen molar-refractivity contribution in [2.24, 2.45) is 0 Å². The third-order valence-electron chi connectivity index (χ3n) is 6.82. The number of amides is 1. The number of nitrogens with one attached hydrogen (secondary N) is 2. The summed E-state index contributed by atoms with van der Waals surface area (Å²) in [5, 5.41) is 13.9. The predicted molar refractivity (Wildman–Crippen MR) is 138 cm³/mol. The largest absolute Gasteiger partial charge is 0.356 e. The average molecular weight is 521 g/mol. The second-order valence-electron chi connectivity index (χ2n) is 9.91. The summed E-state index contributed by atoms with van der Waals surface area (Å²) in [7, 11) is 0. The van der Waals surface area contributed by atoms with Gasteiger partial charge in [-0.2, -0.15) is 10.2 Å². The van der Waals surface area contributed by atoms with Gasteiger partial charge in [0.2, 0.25) is 0 Å². The lowest BCUT2D eigenvalue weighted by molar-refractivity contribution is -0.135. The number of rotatable bonds is 7. The Bertz CT molecular complexity index is 1420. The molecule has 2 N–H and O–H groups in total. The molecule has 0 unspecified atom stereocenters. The van der Waals surface area contributed by atoms with E-state index in [2.05, 4.69) is 25.6 Å². The molecule has 1 atom stereocenters. The number of anilines is 1. The van der Waals surface area contributed by atoms with Gasteiger partial charge in [-0.1, -0.05) is 6.07 Å². The van der Waals surface area contributed by atoms with Crippen LogP contribution in [0, 0.1) is 19.7 Å². The average Bonchev–Trinajstić information content (AvgIpc) is 3.51. The van der Waals surface area contributed by atoms with Gasteiger partial charge in [0.25, 0.3) is 5.91 Å². The number of carbonyl (C=O) groups excluding carboxylic acids is 1. The van der Waals surface area contributed by atoms with Crippen molar-refractivity contribution in [3.05, 3.63) is 82.9 Å². The quantitative estimate of drug-likeness (QED) is 0.383. The Hall–Kier alpha value is -4.15. The summed E-state index contributed by atoms with van der Waals surface area (Å²) < 4.78 is 30.3. The van der Waals surface area contributed by atoms with Gasteiger partial charge in [0.05, 0.1) is 24.1 Å². The van der Waals surface area contributed by atoms with Crippen LogP contribution in [0.5, 0.6) is 0 Å². The zero-order chi connectivity index (χ0) is 26.9. The SMILES string of the molecule is Cc1cc(Cc2cc(C)[nH]n2)nc(N2CCC(F)(C(=O)N[C@@H](C)c3ccc(-n4cc(F)cn4)nc3)CC2)c1. The minimum atomic E-state index is -1.97. The molecule has 5 heterocycles. The lowest BCUT2D eigenvalue weighted by atomic mass is 9.91. The van der Waals surface area contributed by atoms with E-state index < -0.39 is 23.4 Å². The van der Waals surface area contributed by atoms with Crippen molar-refractivity contribution in [1.29, 1.82) is 0 Å². The van der Waals surface area contributed by atoms with E-state index in [-0.39, 0.29) is 12.8 Å². The normalized spacial score (nSPS) is 15.9. The predicted octanol–water partition coefficient (Wildman–Crippen LogP) is 3.92. The number of halogens is 2. The van der Waals surface area contributed by atoms with E-state index in [1.54, 1.807) is 25.3 Å². The highest BCUT2D eigenvalue weighted by atomic mass is 19.1. The molecule has 11 heteroatoms. The molecular weight excluding hydrogens is 490 g/mol. The molecule has 0 aromatic carbocycles. The first-order valence-electron chi connectivity index (χ1n) is 12.6. The Morgan fingerprint density at radius 2 is 1.92 bits per heavy atom. The molecule has 4 aromatic rings. The van der Waals surface area contributed by atoms with Gasteiger partial charge in [0.15, 0.2) is 17.3 Å². The first-order valence-corrected chi connectivity index (χ1v) is 12.6. The van der Waals surface area contributed by atoms with E-state index >= 15 is 4.39 Å². The Balaban J connectivity index is 1.19. The third kappa shape index (κ3) is 5.56. The minimum Gasteiger partial charge on any atom is -0.356 e. The van der Waals surface area contributed by atoms with Crippen molar-refractivity contribution < 1.29 is 13.6 Å². The van der Waals surface area contributed by atoms with Gasteiger partial charge in [-0.05, 0) is 56.2 Å². The van der Waals surface area contributed by atoms with E-state index in [4.69, 9.17) is 4.98 Å². The lowest BCUT2D eigenvalue weighted by Crippen LogP contribution is -2.51. The molecule has 198 valence electrons. The van der Waals surface area contributed by atoms with Crippen molar-refractivity contribution in [1.82, 2.24) is 35.3 Å². The topological polar surface area (TPSA) is 105 Å². The molecule has 1 saturated heterocycles. The fourth-order valence-electron chi connectivity index (χ4n) is 4.66. The maximum atomic E-state index is 15.7.